The highest BCUT2D eigenvalue weighted by atomic mass is 16.7. The molecule has 4 nitrogen and oxygen atoms in total. The van der Waals surface area contributed by atoms with Crippen LogP contribution in [0.25, 0.3) is 0 Å². The minimum Gasteiger partial charge on any atom is -0.379 e. The third kappa shape index (κ3) is 3.01. The molecule has 2 aromatic carbocycles. The zero-order valence-corrected chi connectivity index (χ0v) is 12.5. The van der Waals surface area contributed by atoms with Crippen LogP contribution in [0.5, 0.6) is 0 Å². The van der Waals surface area contributed by atoms with Crippen molar-refractivity contribution in [3.63, 3.8) is 0 Å². The molecule has 1 aliphatic heterocycles. The topological polar surface area (TPSA) is 50.7 Å². The van der Waals surface area contributed by atoms with Crippen LogP contribution in [0.4, 0.5) is 0 Å². The first-order valence-electron chi connectivity index (χ1n) is 7.30. The van der Waals surface area contributed by atoms with Gasteiger partial charge < -0.3 is 10.2 Å². The Balaban J connectivity index is 1.62. The molecule has 0 aromatic heterocycles. The van der Waals surface area contributed by atoms with E-state index in [1.807, 2.05) is 60.7 Å². The Labute approximate surface area is 129 Å². The van der Waals surface area contributed by atoms with Crippen molar-refractivity contribution in [2.75, 3.05) is 0 Å². The highest BCUT2D eigenvalue weighted by Crippen LogP contribution is 2.26. The van der Waals surface area contributed by atoms with Gasteiger partial charge in [-0.15, -0.1) is 0 Å². The number of nitrogens with zero attached hydrogens (tertiary/aromatic N) is 1. The monoisotopic (exact) mass is 294 g/mol. The molecule has 0 aliphatic carbocycles. The van der Waals surface area contributed by atoms with E-state index in [0.717, 1.165) is 16.8 Å². The van der Waals surface area contributed by atoms with Crippen molar-refractivity contribution in [3.8, 4) is 0 Å². The fourth-order valence-electron chi connectivity index (χ4n) is 2.41. The second-order valence-electron chi connectivity index (χ2n) is 5.57. The van der Waals surface area contributed by atoms with Crippen LogP contribution in [-0.4, -0.2) is 17.2 Å². The van der Waals surface area contributed by atoms with Gasteiger partial charge in [-0.1, -0.05) is 65.8 Å². The molecular formula is C18H18N2O2. The Morgan fingerprint density at radius 3 is 2.45 bits per heavy atom. The van der Waals surface area contributed by atoms with Crippen LogP contribution in [0.3, 0.4) is 0 Å². The zero-order valence-electron chi connectivity index (χ0n) is 12.5. The first-order chi connectivity index (χ1) is 10.7. The van der Waals surface area contributed by atoms with Gasteiger partial charge >= 0.3 is 0 Å². The molecule has 112 valence electrons. The highest BCUT2D eigenvalue weighted by Gasteiger charge is 2.41. The van der Waals surface area contributed by atoms with Gasteiger partial charge in [0.2, 0.25) is 5.60 Å². The molecule has 1 aliphatic rings. The Bertz CT molecular complexity index is 683. The number of hydrogen-bond acceptors (Lipinski definition) is 3. The van der Waals surface area contributed by atoms with E-state index in [2.05, 4.69) is 10.5 Å². The first-order valence-corrected chi connectivity index (χ1v) is 7.30. The van der Waals surface area contributed by atoms with Crippen molar-refractivity contribution < 1.29 is 9.63 Å². The lowest BCUT2D eigenvalue weighted by molar-refractivity contribution is -0.141. The van der Waals surface area contributed by atoms with Gasteiger partial charge in [0.15, 0.2) is 0 Å². The number of amides is 1. The van der Waals surface area contributed by atoms with E-state index < -0.39 is 5.60 Å². The summed E-state index contributed by atoms with van der Waals surface area (Å²) in [4.78, 5) is 17.8. The van der Waals surface area contributed by atoms with Crippen LogP contribution in [0.15, 0.2) is 65.8 Å². The molecule has 0 spiro atoms. The Morgan fingerprint density at radius 2 is 1.77 bits per heavy atom. The number of rotatable bonds is 4. The number of carbonyl (C=O) groups is 1. The Kier molecular flexibility index (Phi) is 3.92. The molecule has 2 aromatic rings. The molecular weight excluding hydrogens is 276 g/mol. The standard InChI is InChI=1S/C18H18N2O2/c1-18(17(21)19-13-14-8-4-2-5-9-14)12-16(20-22-18)15-10-6-3-7-11-15/h2-11H,12-13H2,1H3,(H,19,21). The zero-order chi connectivity index (χ0) is 15.4. The molecule has 0 fully saturated rings. The minimum atomic E-state index is -0.944. The van der Waals surface area contributed by atoms with Crippen molar-refractivity contribution in [2.45, 2.75) is 25.5 Å². The largest absolute Gasteiger partial charge is 0.379 e. The molecule has 0 saturated heterocycles. The number of nitrogens with one attached hydrogen (secondary N) is 1. The smallest absolute Gasteiger partial charge is 0.267 e. The summed E-state index contributed by atoms with van der Waals surface area (Å²) < 4.78 is 0. The molecule has 4 heteroatoms. The average Bonchev–Trinajstić information content (AvgIpc) is 2.98. The predicted octanol–water partition coefficient (Wildman–Crippen LogP) is 2.89. The summed E-state index contributed by atoms with van der Waals surface area (Å²) in [7, 11) is 0. The third-order valence-corrected chi connectivity index (χ3v) is 3.75. The molecule has 1 atom stereocenters. The first kappa shape index (κ1) is 14.3. The Morgan fingerprint density at radius 1 is 1.14 bits per heavy atom. The molecule has 0 bridgehead atoms. The van der Waals surface area contributed by atoms with E-state index >= 15 is 0 Å². The lowest BCUT2D eigenvalue weighted by atomic mass is 9.95. The van der Waals surface area contributed by atoms with Crippen LogP contribution in [0, 0.1) is 0 Å². The molecule has 1 N–H and O–H groups in total. The van der Waals surface area contributed by atoms with Gasteiger partial charge in [0, 0.05) is 13.0 Å². The molecule has 0 radical (unpaired) electrons. The van der Waals surface area contributed by atoms with Crippen LogP contribution >= 0.6 is 0 Å². The van der Waals surface area contributed by atoms with Crippen LogP contribution in [0.2, 0.25) is 0 Å². The van der Waals surface area contributed by atoms with Crippen molar-refractivity contribution in [2.24, 2.45) is 5.16 Å². The lowest BCUT2D eigenvalue weighted by Crippen LogP contribution is -2.44. The second-order valence-corrected chi connectivity index (χ2v) is 5.57. The number of benzene rings is 2. The molecule has 1 heterocycles. The summed E-state index contributed by atoms with van der Waals surface area (Å²) in [5.41, 5.74) is 1.90. The molecule has 1 unspecified atom stereocenters. The predicted molar refractivity (Wildman–Crippen MR) is 85.4 cm³/mol. The quantitative estimate of drug-likeness (QED) is 0.942. The number of hydrogen-bond donors (Lipinski definition) is 1. The van der Waals surface area contributed by atoms with Crippen LogP contribution in [-0.2, 0) is 16.2 Å². The van der Waals surface area contributed by atoms with E-state index in [1.54, 1.807) is 6.92 Å². The minimum absolute atomic E-state index is 0.147. The van der Waals surface area contributed by atoms with E-state index in [9.17, 15) is 4.79 Å². The summed E-state index contributed by atoms with van der Waals surface area (Å²) in [6, 6.07) is 19.6. The number of carbonyl (C=O) groups excluding carboxylic acids is 1. The Hall–Kier alpha value is -2.62. The number of oxime groups is 1. The van der Waals surface area contributed by atoms with Gasteiger partial charge in [-0.3, -0.25) is 4.79 Å². The summed E-state index contributed by atoms with van der Waals surface area (Å²) in [6.45, 7) is 2.26. The maximum atomic E-state index is 12.4. The van der Waals surface area contributed by atoms with Crippen LogP contribution < -0.4 is 5.32 Å². The van der Waals surface area contributed by atoms with Gasteiger partial charge in [-0.25, -0.2) is 0 Å². The lowest BCUT2D eigenvalue weighted by Gasteiger charge is -2.20. The maximum Gasteiger partial charge on any atom is 0.267 e. The van der Waals surface area contributed by atoms with Gasteiger partial charge in [0.1, 0.15) is 0 Å². The average molecular weight is 294 g/mol. The van der Waals surface area contributed by atoms with Crippen molar-refractivity contribution >= 4 is 11.6 Å². The van der Waals surface area contributed by atoms with Gasteiger partial charge in [-0.2, -0.15) is 0 Å². The van der Waals surface area contributed by atoms with E-state index in [1.165, 1.54) is 0 Å². The van der Waals surface area contributed by atoms with E-state index in [-0.39, 0.29) is 5.91 Å². The SMILES string of the molecule is CC1(C(=O)NCc2ccccc2)CC(c2ccccc2)=NO1. The highest BCUT2D eigenvalue weighted by molar-refractivity contribution is 6.05. The van der Waals surface area contributed by atoms with Gasteiger partial charge in [0.25, 0.3) is 5.91 Å². The fraction of sp³-hybridized carbons (Fsp3) is 0.222. The normalized spacial score (nSPS) is 20.1. The molecule has 0 saturated carbocycles. The molecule has 1 amide bonds. The fourth-order valence-corrected chi connectivity index (χ4v) is 2.41. The van der Waals surface area contributed by atoms with E-state index in [0.29, 0.717) is 13.0 Å². The van der Waals surface area contributed by atoms with Crippen molar-refractivity contribution in [3.05, 3.63) is 71.8 Å². The third-order valence-electron chi connectivity index (χ3n) is 3.75. The van der Waals surface area contributed by atoms with Gasteiger partial charge in [0.05, 0.1) is 5.71 Å². The summed E-state index contributed by atoms with van der Waals surface area (Å²) in [5, 5.41) is 7.01. The molecule has 22 heavy (non-hydrogen) atoms. The maximum absolute atomic E-state index is 12.4. The van der Waals surface area contributed by atoms with Gasteiger partial charge in [-0.05, 0) is 18.1 Å². The second kappa shape index (κ2) is 6.02. The van der Waals surface area contributed by atoms with Crippen molar-refractivity contribution in [1.82, 2.24) is 5.32 Å². The summed E-state index contributed by atoms with van der Waals surface area (Å²) in [5.74, 6) is -0.147. The molecule has 3 rings (SSSR count). The van der Waals surface area contributed by atoms with E-state index in [4.69, 9.17) is 4.84 Å². The van der Waals surface area contributed by atoms with Crippen LogP contribution in [0.1, 0.15) is 24.5 Å². The summed E-state index contributed by atoms with van der Waals surface area (Å²) >= 11 is 0. The summed E-state index contributed by atoms with van der Waals surface area (Å²) in [6.07, 6.45) is 0.470. The van der Waals surface area contributed by atoms with Crippen molar-refractivity contribution in [1.29, 1.82) is 0 Å².